The number of hydrogen-bond donors (Lipinski definition) is 0. The van der Waals surface area contributed by atoms with Gasteiger partial charge in [0.1, 0.15) is 0 Å². The van der Waals surface area contributed by atoms with Crippen LogP contribution in [-0.2, 0) is 9.53 Å². The normalized spacial score (nSPS) is 11.7. The molecule has 0 N–H and O–H groups in total. The second-order valence-corrected chi connectivity index (χ2v) is 6.35. The van der Waals surface area contributed by atoms with Crippen LogP contribution in [-0.4, -0.2) is 12.6 Å². The van der Waals surface area contributed by atoms with Crippen molar-refractivity contribution >= 4 is 5.97 Å². The molecule has 2 heteroatoms. The zero-order valence-corrected chi connectivity index (χ0v) is 15.3. The monoisotopic (exact) mass is 310 g/mol. The molecule has 0 aliphatic rings. The Morgan fingerprint density at radius 2 is 1.27 bits per heavy atom. The summed E-state index contributed by atoms with van der Waals surface area (Å²) >= 11 is 0. The quantitative estimate of drug-likeness (QED) is 0.194. The number of esters is 1. The van der Waals surface area contributed by atoms with Crippen molar-refractivity contribution in [2.45, 2.75) is 104 Å². The fourth-order valence-electron chi connectivity index (χ4n) is 2.49. The first kappa shape index (κ1) is 21.2. The molecule has 0 aromatic rings. The van der Waals surface area contributed by atoms with Crippen molar-refractivity contribution in [3.63, 3.8) is 0 Å². The van der Waals surface area contributed by atoms with Gasteiger partial charge in [-0.1, -0.05) is 84.1 Å². The molecule has 0 spiro atoms. The molecule has 0 heterocycles. The van der Waals surface area contributed by atoms with Crippen molar-refractivity contribution < 1.29 is 9.53 Å². The SMILES string of the molecule is CCCCCC/C=C(\C)C(=O)OCCCCCCCCCC. The molecule has 22 heavy (non-hydrogen) atoms. The van der Waals surface area contributed by atoms with E-state index in [0.717, 1.165) is 18.4 Å². The predicted octanol–water partition coefficient (Wildman–Crippen LogP) is 6.59. The largest absolute Gasteiger partial charge is 0.462 e. The van der Waals surface area contributed by atoms with Crippen molar-refractivity contribution in [3.8, 4) is 0 Å². The highest BCUT2D eigenvalue weighted by Gasteiger charge is 2.04. The Bertz CT molecular complexity index is 281. The molecule has 0 aliphatic carbocycles. The zero-order chi connectivity index (χ0) is 16.5. The van der Waals surface area contributed by atoms with Crippen LogP contribution in [0.3, 0.4) is 0 Å². The summed E-state index contributed by atoms with van der Waals surface area (Å²) in [6, 6.07) is 0. The fourth-order valence-corrected chi connectivity index (χ4v) is 2.49. The second-order valence-electron chi connectivity index (χ2n) is 6.35. The number of carbonyl (C=O) groups excluding carboxylic acids is 1. The summed E-state index contributed by atoms with van der Waals surface area (Å²) in [5, 5.41) is 0. The Balaban J connectivity index is 3.45. The van der Waals surface area contributed by atoms with Gasteiger partial charge in [0.05, 0.1) is 6.61 Å². The molecule has 0 aromatic carbocycles. The van der Waals surface area contributed by atoms with Crippen molar-refractivity contribution in [3.05, 3.63) is 11.6 Å². The maximum Gasteiger partial charge on any atom is 0.333 e. The van der Waals surface area contributed by atoms with E-state index in [9.17, 15) is 4.79 Å². The molecule has 0 aromatic heterocycles. The first-order valence-electron chi connectivity index (χ1n) is 9.56. The van der Waals surface area contributed by atoms with E-state index in [1.807, 2.05) is 13.0 Å². The summed E-state index contributed by atoms with van der Waals surface area (Å²) in [7, 11) is 0. The summed E-state index contributed by atoms with van der Waals surface area (Å²) in [6.45, 7) is 6.91. The molecule has 0 fully saturated rings. The fraction of sp³-hybridized carbons (Fsp3) is 0.850. The van der Waals surface area contributed by atoms with Crippen LogP contribution in [0, 0.1) is 0 Å². The van der Waals surface area contributed by atoms with Crippen LogP contribution in [0.25, 0.3) is 0 Å². The molecule has 0 rings (SSSR count). The Morgan fingerprint density at radius 3 is 1.86 bits per heavy atom. The van der Waals surface area contributed by atoms with Gasteiger partial charge < -0.3 is 4.74 Å². The van der Waals surface area contributed by atoms with E-state index in [-0.39, 0.29) is 5.97 Å². The van der Waals surface area contributed by atoms with Gasteiger partial charge in [0.15, 0.2) is 0 Å². The lowest BCUT2D eigenvalue weighted by atomic mass is 10.1. The molecular formula is C20H38O2. The van der Waals surface area contributed by atoms with Gasteiger partial charge in [0.25, 0.3) is 0 Å². The van der Waals surface area contributed by atoms with Crippen molar-refractivity contribution in [2.75, 3.05) is 6.61 Å². The van der Waals surface area contributed by atoms with E-state index in [1.54, 1.807) is 0 Å². The third-order valence-electron chi connectivity index (χ3n) is 4.06. The Morgan fingerprint density at radius 1 is 0.773 bits per heavy atom. The molecule has 0 aliphatic heterocycles. The minimum atomic E-state index is -0.126. The zero-order valence-electron chi connectivity index (χ0n) is 15.3. The van der Waals surface area contributed by atoms with Crippen molar-refractivity contribution in [2.24, 2.45) is 0 Å². The molecule has 0 bridgehead atoms. The summed E-state index contributed by atoms with van der Waals surface area (Å²) in [5.41, 5.74) is 0.774. The van der Waals surface area contributed by atoms with Crippen molar-refractivity contribution in [1.82, 2.24) is 0 Å². The average molecular weight is 311 g/mol. The maximum absolute atomic E-state index is 11.8. The van der Waals surface area contributed by atoms with Gasteiger partial charge in [-0.15, -0.1) is 0 Å². The summed E-state index contributed by atoms with van der Waals surface area (Å²) in [4.78, 5) is 11.8. The molecule has 0 unspecified atom stereocenters. The lowest BCUT2D eigenvalue weighted by Crippen LogP contribution is -2.07. The second kappa shape index (κ2) is 16.6. The van der Waals surface area contributed by atoms with Crippen LogP contribution in [0.1, 0.15) is 104 Å². The smallest absolute Gasteiger partial charge is 0.333 e. The van der Waals surface area contributed by atoms with Gasteiger partial charge in [-0.3, -0.25) is 0 Å². The highest BCUT2D eigenvalue weighted by molar-refractivity contribution is 5.87. The van der Waals surface area contributed by atoms with E-state index in [0.29, 0.717) is 6.61 Å². The van der Waals surface area contributed by atoms with E-state index in [1.165, 1.54) is 70.6 Å². The lowest BCUT2D eigenvalue weighted by Gasteiger charge is -2.05. The third-order valence-corrected chi connectivity index (χ3v) is 4.06. The minimum Gasteiger partial charge on any atom is -0.462 e. The lowest BCUT2D eigenvalue weighted by molar-refractivity contribution is -0.139. The summed E-state index contributed by atoms with van der Waals surface area (Å²) < 4.78 is 5.32. The molecule has 0 saturated carbocycles. The molecule has 0 radical (unpaired) electrons. The molecule has 2 nitrogen and oxygen atoms in total. The Labute approximate surface area is 138 Å². The van der Waals surface area contributed by atoms with Crippen molar-refractivity contribution in [1.29, 1.82) is 0 Å². The van der Waals surface area contributed by atoms with Crippen LogP contribution in [0.5, 0.6) is 0 Å². The number of hydrogen-bond acceptors (Lipinski definition) is 2. The molecular weight excluding hydrogens is 272 g/mol. The highest BCUT2D eigenvalue weighted by atomic mass is 16.5. The Hall–Kier alpha value is -0.790. The summed E-state index contributed by atoms with van der Waals surface area (Å²) in [6.07, 6.45) is 18.2. The number of ether oxygens (including phenoxy) is 1. The highest BCUT2D eigenvalue weighted by Crippen LogP contribution is 2.09. The van der Waals surface area contributed by atoms with Gasteiger partial charge >= 0.3 is 5.97 Å². The van der Waals surface area contributed by atoms with Gasteiger partial charge in [0.2, 0.25) is 0 Å². The van der Waals surface area contributed by atoms with Crippen LogP contribution < -0.4 is 0 Å². The van der Waals surface area contributed by atoms with E-state index in [4.69, 9.17) is 4.74 Å². The van der Waals surface area contributed by atoms with Gasteiger partial charge in [-0.25, -0.2) is 4.79 Å². The van der Waals surface area contributed by atoms with E-state index in [2.05, 4.69) is 13.8 Å². The summed E-state index contributed by atoms with van der Waals surface area (Å²) in [5.74, 6) is -0.126. The van der Waals surface area contributed by atoms with Crippen LogP contribution >= 0.6 is 0 Å². The Kier molecular flexibility index (Phi) is 16.0. The van der Waals surface area contributed by atoms with E-state index < -0.39 is 0 Å². The van der Waals surface area contributed by atoms with Gasteiger partial charge in [-0.05, 0) is 26.2 Å². The third kappa shape index (κ3) is 14.2. The standard InChI is InChI=1S/C20H38O2/c1-4-6-8-10-11-12-14-16-18-22-20(21)19(3)17-15-13-9-7-5-2/h17H,4-16,18H2,1-3H3/b19-17+. The first-order chi connectivity index (χ1) is 10.7. The minimum absolute atomic E-state index is 0.126. The number of unbranched alkanes of at least 4 members (excludes halogenated alkanes) is 11. The molecule has 0 atom stereocenters. The number of carbonyl (C=O) groups is 1. The van der Waals surface area contributed by atoms with Crippen LogP contribution in [0.2, 0.25) is 0 Å². The van der Waals surface area contributed by atoms with Gasteiger partial charge in [0, 0.05) is 5.57 Å². The maximum atomic E-state index is 11.8. The number of allylic oxidation sites excluding steroid dienone is 1. The predicted molar refractivity (Wildman–Crippen MR) is 96.1 cm³/mol. The molecule has 130 valence electrons. The first-order valence-corrected chi connectivity index (χ1v) is 9.56. The van der Waals surface area contributed by atoms with E-state index >= 15 is 0 Å². The van der Waals surface area contributed by atoms with Crippen LogP contribution in [0.15, 0.2) is 11.6 Å². The molecule has 0 amide bonds. The molecule has 0 saturated heterocycles. The van der Waals surface area contributed by atoms with Gasteiger partial charge in [-0.2, -0.15) is 0 Å². The topological polar surface area (TPSA) is 26.3 Å². The average Bonchev–Trinajstić information content (AvgIpc) is 2.52. The van der Waals surface area contributed by atoms with Crippen LogP contribution in [0.4, 0.5) is 0 Å². The number of rotatable bonds is 15.